The second-order valence-electron chi connectivity index (χ2n) is 5.42. The van der Waals surface area contributed by atoms with Crippen molar-refractivity contribution in [2.75, 3.05) is 13.7 Å². The van der Waals surface area contributed by atoms with E-state index in [1.54, 1.807) is 14.0 Å². The molecule has 2 rings (SSSR count). The summed E-state index contributed by atoms with van der Waals surface area (Å²) in [6.45, 7) is 6.02. The van der Waals surface area contributed by atoms with Crippen molar-refractivity contribution in [3.63, 3.8) is 0 Å². The minimum absolute atomic E-state index is 0.0120. The Morgan fingerprint density at radius 3 is 2.76 bits per heavy atom. The van der Waals surface area contributed by atoms with Crippen molar-refractivity contribution in [3.8, 4) is 0 Å². The van der Waals surface area contributed by atoms with Gasteiger partial charge in [0, 0.05) is 24.5 Å². The maximum Gasteiger partial charge on any atom is 0.334 e. The van der Waals surface area contributed by atoms with Crippen molar-refractivity contribution in [3.05, 3.63) is 12.2 Å². The zero-order chi connectivity index (χ0) is 12.7. The van der Waals surface area contributed by atoms with Gasteiger partial charge in [-0.25, -0.2) is 4.79 Å². The first kappa shape index (κ1) is 13.3. The van der Waals surface area contributed by atoms with Gasteiger partial charge in [-0.3, -0.25) is 0 Å². The number of hydrogen-bond acceptors (Lipinski definition) is 3. The lowest BCUT2D eigenvalue weighted by atomic mass is 9.82. The number of halogens is 1. The molecular formula is C13H19IO3. The van der Waals surface area contributed by atoms with E-state index in [1.807, 2.05) is 0 Å². The molecule has 0 heterocycles. The Bertz CT molecular complexity index is 355. The van der Waals surface area contributed by atoms with Crippen LogP contribution in [0.25, 0.3) is 0 Å². The highest BCUT2D eigenvalue weighted by molar-refractivity contribution is 14.1. The molecule has 96 valence electrons. The fourth-order valence-corrected chi connectivity index (χ4v) is 4.71. The maximum absolute atomic E-state index is 11.8. The zero-order valence-electron chi connectivity index (χ0n) is 10.4. The third-order valence-electron chi connectivity index (χ3n) is 4.08. The number of alkyl halides is 1. The van der Waals surface area contributed by atoms with Crippen molar-refractivity contribution < 1.29 is 14.3 Å². The SMILES string of the molecule is C=C(C)C(=O)OC1(I)CC2CCC1(COC)C2. The summed E-state index contributed by atoms with van der Waals surface area (Å²) >= 11 is 2.32. The Balaban J connectivity index is 2.18. The lowest BCUT2D eigenvalue weighted by Crippen LogP contribution is -2.46. The van der Waals surface area contributed by atoms with Crippen molar-refractivity contribution >= 4 is 28.6 Å². The van der Waals surface area contributed by atoms with Crippen LogP contribution in [0.1, 0.15) is 32.6 Å². The fraction of sp³-hybridized carbons (Fsp3) is 0.769. The molecule has 4 heteroatoms. The largest absolute Gasteiger partial charge is 0.444 e. The van der Waals surface area contributed by atoms with Crippen LogP contribution in [0.5, 0.6) is 0 Å². The van der Waals surface area contributed by atoms with Gasteiger partial charge >= 0.3 is 5.97 Å². The van der Waals surface area contributed by atoms with Crippen molar-refractivity contribution in [1.29, 1.82) is 0 Å². The Morgan fingerprint density at radius 1 is 1.53 bits per heavy atom. The molecule has 17 heavy (non-hydrogen) atoms. The molecule has 3 atom stereocenters. The van der Waals surface area contributed by atoms with Gasteiger partial charge in [0.25, 0.3) is 0 Å². The molecule has 3 unspecified atom stereocenters. The predicted molar refractivity (Wildman–Crippen MR) is 73.9 cm³/mol. The summed E-state index contributed by atoms with van der Waals surface area (Å²) in [4.78, 5) is 11.8. The number of carbonyl (C=O) groups is 1. The maximum atomic E-state index is 11.8. The molecule has 2 fully saturated rings. The molecule has 0 aromatic carbocycles. The molecule has 2 saturated carbocycles. The van der Waals surface area contributed by atoms with E-state index >= 15 is 0 Å². The first-order valence-corrected chi connectivity index (χ1v) is 7.07. The second kappa shape index (κ2) is 4.53. The summed E-state index contributed by atoms with van der Waals surface area (Å²) in [6, 6.07) is 0. The topological polar surface area (TPSA) is 35.5 Å². The van der Waals surface area contributed by atoms with Crippen molar-refractivity contribution in [2.24, 2.45) is 11.3 Å². The second-order valence-corrected chi connectivity index (χ2v) is 7.17. The van der Waals surface area contributed by atoms with Crippen LogP contribution in [0.15, 0.2) is 12.2 Å². The standard InChI is InChI=1S/C13H19IO3/c1-9(2)11(15)17-13(14)7-10-4-5-12(13,6-10)8-16-3/h10H,1,4-8H2,2-3H3. The zero-order valence-corrected chi connectivity index (χ0v) is 12.6. The highest BCUT2D eigenvalue weighted by Crippen LogP contribution is 2.64. The number of esters is 1. The van der Waals surface area contributed by atoms with Crippen LogP contribution in [0, 0.1) is 11.3 Å². The molecule has 0 aromatic rings. The van der Waals surface area contributed by atoms with Crippen molar-refractivity contribution in [1.82, 2.24) is 0 Å². The average molecular weight is 350 g/mol. The van der Waals surface area contributed by atoms with Gasteiger partial charge in [-0.2, -0.15) is 0 Å². The summed E-state index contributed by atoms with van der Waals surface area (Å²) in [6.07, 6.45) is 4.40. The van der Waals surface area contributed by atoms with Crippen molar-refractivity contribution in [2.45, 2.75) is 36.2 Å². The number of hydrogen-bond donors (Lipinski definition) is 0. The number of carbonyl (C=O) groups excluding carboxylic acids is 1. The van der Waals surface area contributed by atoms with E-state index in [2.05, 4.69) is 29.2 Å². The number of fused-ring (bicyclic) bond motifs is 2. The Labute approximate surface area is 116 Å². The van der Waals surface area contributed by atoms with Crippen LogP contribution < -0.4 is 0 Å². The van der Waals surface area contributed by atoms with Gasteiger partial charge in [0.1, 0.15) is 0 Å². The number of methoxy groups -OCH3 is 1. The third-order valence-corrected chi connectivity index (χ3v) is 5.88. The van der Waals surface area contributed by atoms with Gasteiger partial charge in [-0.15, -0.1) is 0 Å². The lowest BCUT2D eigenvalue weighted by Gasteiger charge is -2.41. The van der Waals surface area contributed by atoms with Gasteiger partial charge in [-0.1, -0.05) is 6.58 Å². The highest BCUT2D eigenvalue weighted by atomic mass is 127. The minimum Gasteiger partial charge on any atom is -0.444 e. The average Bonchev–Trinajstić information content (AvgIpc) is 2.72. The summed E-state index contributed by atoms with van der Waals surface area (Å²) in [7, 11) is 1.72. The van der Waals surface area contributed by atoms with Gasteiger partial charge in [0.05, 0.1) is 6.61 Å². The molecule has 3 nitrogen and oxygen atoms in total. The van der Waals surface area contributed by atoms with E-state index in [1.165, 1.54) is 6.42 Å². The van der Waals surface area contributed by atoms with E-state index in [0.29, 0.717) is 18.1 Å². The monoisotopic (exact) mass is 350 g/mol. The van der Waals surface area contributed by atoms with Crippen LogP contribution in [-0.2, 0) is 14.3 Å². The van der Waals surface area contributed by atoms with Gasteiger partial charge in [0.2, 0.25) is 0 Å². The summed E-state index contributed by atoms with van der Waals surface area (Å²) < 4.78 is 10.7. The normalized spacial score (nSPS) is 39.4. The summed E-state index contributed by atoms with van der Waals surface area (Å²) in [5.74, 6) is 0.405. The smallest absolute Gasteiger partial charge is 0.334 e. The van der Waals surface area contributed by atoms with Crippen LogP contribution in [0.3, 0.4) is 0 Å². The van der Waals surface area contributed by atoms with Crippen LogP contribution in [0.2, 0.25) is 0 Å². The quantitative estimate of drug-likeness (QED) is 0.338. The van der Waals surface area contributed by atoms with E-state index in [9.17, 15) is 4.79 Å². The van der Waals surface area contributed by atoms with E-state index < -0.39 is 3.61 Å². The van der Waals surface area contributed by atoms with Crippen LogP contribution in [-0.4, -0.2) is 23.3 Å². The van der Waals surface area contributed by atoms with E-state index in [-0.39, 0.29) is 11.4 Å². The molecule has 0 aromatic heterocycles. The molecule has 2 aliphatic carbocycles. The molecule has 0 radical (unpaired) electrons. The first-order chi connectivity index (χ1) is 7.92. The highest BCUT2D eigenvalue weighted by Gasteiger charge is 2.63. The van der Waals surface area contributed by atoms with Gasteiger partial charge < -0.3 is 9.47 Å². The molecule has 2 bridgehead atoms. The van der Waals surface area contributed by atoms with Gasteiger partial charge in [0.15, 0.2) is 3.61 Å². The van der Waals surface area contributed by atoms with Crippen LogP contribution >= 0.6 is 22.6 Å². The fourth-order valence-electron chi connectivity index (χ4n) is 3.24. The van der Waals surface area contributed by atoms with E-state index in [4.69, 9.17) is 9.47 Å². The Hall–Kier alpha value is -0.100. The summed E-state index contributed by atoms with van der Waals surface area (Å²) in [5, 5.41) is 0. The van der Waals surface area contributed by atoms with Gasteiger partial charge in [-0.05, 0) is 54.7 Å². The van der Waals surface area contributed by atoms with Crippen LogP contribution in [0.4, 0.5) is 0 Å². The molecule has 0 spiro atoms. The first-order valence-electron chi connectivity index (χ1n) is 5.99. The Kier molecular flexibility index (Phi) is 3.56. The molecule has 0 saturated heterocycles. The summed E-state index contributed by atoms with van der Waals surface area (Å²) in [5.41, 5.74) is 0.481. The molecule has 0 aliphatic heterocycles. The number of ether oxygens (including phenoxy) is 2. The molecule has 0 N–H and O–H groups in total. The molecular weight excluding hydrogens is 331 g/mol. The third kappa shape index (κ3) is 2.14. The molecule has 0 amide bonds. The minimum atomic E-state index is -0.403. The lowest BCUT2D eigenvalue weighted by molar-refractivity contribution is -0.155. The van der Waals surface area contributed by atoms with E-state index in [0.717, 1.165) is 19.3 Å². The molecule has 2 aliphatic rings. The Morgan fingerprint density at radius 2 is 2.24 bits per heavy atom. The predicted octanol–water partition coefficient (Wildman–Crippen LogP) is 3.07. The number of rotatable bonds is 4.